The lowest BCUT2D eigenvalue weighted by Crippen LogP contribution is -2.17. The van der Waals surface area contributed by atoms with Gasteiger partial charge in [0, 0.05) is 12.1 Å². The normalized spacial score (nSPS) is 11.2. The monoisotopic (exact) mass is 292 g/mol. The lowest BCUT2D eigenvalue weighted by Gasteiger charge is -2.09. The van der Waals surface area contributed by atoms with E-state index in [9.17, 15) is 13.2 Å². The third-order valence-electron chi connectivity index (χ3n) is 2.06. The first-order chi connectivity index (χ1) is 8.30. The van der Waals surface area contributed by atoms with Gasteiger partial charge in [-0.25, -0.2) is 8.42 Å². The number of sulfonamides is 1. The van der Waals surface area contributed by atoms with E-state index in [2.05, 4.69) is 4.72 Å². The number of carboxylic acid groups (broad SMARTS) is 1. The topological polar surface area (TPSA) is 109 Å². The number of hydrogen-bond donors (Lipinski definition) is 3. The summed E-state index contributed by atoms with van der Waals surface area (Å²) in [5.74, 6) is -1.32. The summed E-state index contributed by atoms with van der Waals surface area (Å²) in [5.41, 5.74) is 6.08. The summed E-state index contributed by atoms with van der Waals surface area (Å²) in [6.07, 6.45) is -0.170. The standard InChI is InChI=1S/C10H13ClN2O4S/c11-8-4-3-7(12)6-9(8)13-18(16,17)5-1-2-10(14)15/h3-4,6,13H,1-2,5,12H2,(H,14,15). The molecule has 0 bridgehead atoms. The summed E-state index contributed by atoms with van der Waals surface area (Å²) >= 11 is 5.81. The van der Waals surface area contributed by atoms with Crippen LogP contribution in [0.2, 0.25) is 5.02 Å². The fraction of sp³-hybridized carbons (Fsp3) is 0.300. The number of hydrogen-bond acceptors (Lipinski definition) is 4. The van der Waals surface area contributed by atoms with E-state index in [0.717, 1.165) is 0 Å². The number of nitrogens with two attached hydrogens (primary N) is 1. The van der Waals surface area contributed by atoms with Crippen LogP contribution >= 0.6 is 11.6 Å². The third-order valence-corrected chi connectivity index (χ3v) is 3.75. The Morgan fingerprint density at radius 1 is 1.44 bits per heavy atom. The first kappa shape index (κ1) is 14.6. The Hall–Kier alpha value is -1.47. The molecule has 0 saturated heterocycles. The number of anilines is 2. The molecule has 18 heavy (non-hydrogen) atoms. The average molecular weight is 293 g/mol. The van der Waals surface area contributed by atoms with Crippen molar-refractivity contribution < 1.29 is 18.3 Å². The summed E-state index contributed by atoms with van der Waals surface area (Å²) in [4.78, 5) is 10.3. The van der Waals surface area contributed by atoms with E-state index in [1.165, 1.54) is 12.1 Å². The molecule has 6 nitrogen and oxygen atoms in total. The summed E-state index contributed by atoms with van der Waals surface area (Å²) in [6, 6.07) is 4.42. The maximum absolute atomic E-state index is 11.6. The van der Waals surface area contributed by atoms with Gasteiger partial charge in [-0.15, -0.1) is 0 Å². The highest BCUT2D eigenvalue weighted by Gasteiger charge is 2.13. The van der Waals surface area contributed by atoms with Crippen LogP contribution < -0.4 is 10.5 Å². The molecule has 0 radical (unpaired) electrons. The van der Waals surface area contributed by atoms with E-state index in [1.54, 1.807) is 6.07 Å². The van der Waals surface area contributed by atoms with Crippen LogP contribution in [0.25, 0.3) is 0 Å². The predicted molar refractivity (Wildman–Crippen MR) is 70.1 cm³/mol. The highest BCUT2D eigenvalue weighted by atomic mass is 35.5. The number of carbonyl (C=O) groups is 1. The first-order valence-electron chi connectivity index (χ1n) is 5.07. The molecule has 0 atom stereocenters. The quantitative estimate of drug-likeness (QED) is 0.689. The third kappa shape index (κ3) is 4.80. The Kier molecular flexibility index (Phi) is 4.80. The lowest BCUT2D eigenvalue weighted by molar-refractivity contribution is -0.137. The highest BCUT2D eigenvalue weighted by Crippen LogP contribution is 2.25. The van der Waals surface area contributed by atoms with Crippen molar-refractivity contribution >= 4 is 39.0 Å². The van der Waals surface area contributed by atoms with Crippen LogP contribution in [0.15, 0.2) is 18.2 Å². The van der Waals surface area contributed by atoms with Crippen molar-refractivity contribution in [2.45, 2.75) is 12.8 Å². The van der Waals surface area contributed by atoms with Gasteiger partial charge in [0.25, 0.3) is 0 Å². The second-order valence-corrected chi connectivity index (χ2v) is 5.91. The largest absolute Gasteiger partial charge is 0.481 e. The summed E-state index contributed by atoms with van der Waals surface area (Å²) in [7, 11) is -3.62. The second kappa shape index (κ2) is 5.92. The molecule has 1 rings (SSSR count). The molecule has 0 aromatic heterocycles. The van der Waals surface area contributed by atoms with E-state index in [-0.39, 0.29) is 29.3 Å². The van der Waals surface area contributed by atoms with E-state index in [4.69, 9.17) is 22.4 Å². The number of aliphatic carboxylic acids is 1. The van der Waals surface area contributed by atoms with Crippen LogP contribution in [0.5, 0.6) is 0 Å². The summed E-state index contributed by atoms with van der Waals surface area (Å²) in [5, 5.41) is 8.66. The molecular formula is C10H13ClN2O4S. The van der Waals surface area contributed by atoms with Crippen molar-refractivity contribution in [2.24, 2.45) is 0 Å². The maximum Gasteiger partial charge on any atom is 0.303 e. The van der Waals surface area contributed by atoms with Gasteiger partial charge in [0.15, 0.2) is 0 Å². The minimum atomic E-state index is -3.62. The van der Waals surface area contributed by atoms with Gasteiger partial charge in [-0.3, -0.25) is 9.52 Å². The molecule has 100 valence electrons. The van der Waals surface area contributed by atoms with Gasteiger partial charge in [-0.2, -0.15) is 0 Å². The Bertz CT molecular complexity index is 545. The van der Waals surface area contributed by atoms with Crippen LogP contribution in [-0.2, 0) is 14.8 Å². The number of nitrogen functional groups attached to an aromatic ring is 1. The van der Waals surface area contributed by atoms with E-state index < -0.39 is 16.0 Å². The number of rotatable bonds is 6. The second-order valence-electron chi connectivity index (χ2n) is 3.66. The SMILES string of the molecule is Nc1ccc(Cl)c(NS(=O)(=O)CCCC(=O)O)c1. The predicted octanol–water partition coefficient (Wildman–Crippen LogP) is 1.53. The Morgan fingerprint density at radius 2 is 2.11 bits per heavy atom. The van der Waals surface area contributed by atoms with Crippen molar-refractivity contribution in [3.05, 3.63) is 23.2 Å². The molecule has 0 spiro atoms. The van der Waals surface area contributed by atoms with Gasteiger partial charge in [0.2, 0.25) is 10.0 Å². The molecule has 0 aliphatic heterocycles. The molecule has 0 unspecified atom stereocenters. The minimum absolute atomic E-state index is 0.0323. The fourth-order valence-electron chi connectivity index (χ4n) is 1.25. The number of nitrogens with one attached hydrogen (secondary N) is 1. The first-order valence-corrected chi connectivity index (χ1v) is 7.10. The van der Waals surface area contributed by atoms with Gasteiger partial charge in [0.1, 0.15) is 0 Å². The van der Waals surface area contributed by atoms with Crippen LogP contribution in [0.4, 0.5) is 11.4 Å². The van der Waals surface area contributed by atoms with Crippen LogP contribution in [0, 0.1) is 0 Å². The molecule has 0 aliphatic rings. The van der Waals surface area contributed by atoms with Crippen molar-refractivity contribution in [3.8, 4) is 0 Å². The molecule has 0 saturated carbocycles. The van der Waals surface area contributed by atoms with Crippen LogP contribution in [0.1, 0.15) is 12.8 Å². The number of benzene rings is 1. The zero-order valence-electron chi connectivity index (χ0n) is 9.39. The molecule has 0 amide bonds. The van der Waals surface area contributed by atoms with Crippen molar-refractivity contribution in [1.82, 2.24) is 0 Å². The number of halogens is 1. The minimum Gasteiger partial charge on any atom is -0.481 e. The van der Waals surface area contributed by atoms with E-state index in [1.807, 2.05) is 0 Å². The molecule has 0 fully saturated rings. The van der Waals surface area contributed by atoms with Gasteiger partial charge >= 0.3 is 5.97 Å². The van der Waals surface area contributed by atoms with Crippen molar-refractivity contribution in [2.75, 3.05) is 16.2 Å². The molecule has 1 aromatic rings. The van der Waals surface area contributed by atoms with Gasteiger partial charge in [-0.1, -0.05) is 11.6 Å². The Morgan fingerprint density at radius 3 is 2.72 bits per heavy atom. The summed E-state index contributed by atoms with van der Waals surface area (Å²) in [6.45, 7) is 0. The maximum atomic E-state index is 11.6. The molecule has 0 aliphatic carbocycles. The molecular weight excluding hydrogens is 280 g/mol. The smallest absolute Gasteiger partial charge is 0.303 e. The lowest BCUT2D eigenvalue weighted by atomic mass is 10.3. The summed E-state index contributed by atoms with van der Waals surface area (Å²) < 4.78 is 25.6. The zero-order chi connectivity index (χ0) is 13.8. The van der Waals surface area contributed by atoms with Gasteiger partial charge in [0.05, 0.1) is 16.5 Å². The molecule has 8 heteroatoms. The molecule has 4 N–H and O–H groups in total. The van der Waals surface area contributed by atoms with Crippen molar-refractivity contribution in [3.63, 3.8) is 0 Å². The average Bonchev–Trinajstić information content (AvgIpc) is 2.22. The van der Waals surface area contributed by atoms with E-state index >= 15 is 0 Å². The Balaban J connectivity index is 2.70. The van der Waals surface area contributed by atoms with Crippen LogP contribution in [0.3, 0.4) is 0 Å². The fourth-order valence-corrected chi connectivity index (χ4v) is 2.60. The molecule has 1 aromatic carbocycles. The Labute approximate surface area is 110 Å². The zero-order valence-corrected chi connectivity index (χ0v) is 11.0. The van der Waals surface area contributed by atoms with Crippen molar-refractivity contribution in [1.29, 1.82) is 0 Å². The van der Waals surface area contributed by atoms with Gasteiger partial charge < -0.3 is 10.8 Å². The number of carboxylic acids is 1. The van der Waals surface area contributed by atoms with Crippen LogP contribution in [-0.4, -0.2) is 25.2 Å². The highest BCUT2D eigenvalue weighted by molar-refractivity contribution is 7.92. The van der Waals surface area contributed by atoms with E-state index in [0.29, 0.717) is 5.69 Å². The molecule has 0 heterocycles. The van der Waals surface area contributed by atoms with Gasteiger partial charge in [-0.05, 0) is 24.6 Å².